The van der Waals surface area contributed by atoms with Gasteiger partial charge in [-0.05, 0) is 42.5 Å². The molecule has 7 heteroatoms. The van der Waals surface area contributed by atoms with E-state index in [1.165, 1.54) is 11.3 Å². The lowest BCUT2D eigenvalue weighted by Crippen LogP contribution is -2.34. The van der Waals surface area contributed by atoms with Gasteiger partial charge < -0.3 is 10.1 Å². The predicted molar refractivity (Wildman–Crippen MR) is 90.6 cm³/mol. The van der Waals surface area contributed by atoms with Crippen molar-refractivity contribution in [1.29, 1.82) is 0 Å². The Hall–Kier alpha value is -1.30. The van der Waals surface area contributed by atoms with E-state index >= 15 is 0 Å². The third-order valence-corrected chi connectivity index (χ3v) is 5.84. The van der Waals surface area contributed by atoms with E-state index in [9.17, 15) is 4.79 Å². The number of hydrogen-bond acceptors (Lipinski definition) is 4. The van der Waals surface area contributed by atoms with Crippen molar-refractivity contribution in [3.8, 4) is 5.88 Å². The molecule has 23 heavy (non-hydrogen) atoms. The second kappa shape index (κ2) is 5.96. The van der Waals surface area contributed by atoms with Crippen molar-refractivity contribution in [2.45, 2.75) is 31.2 Å². The van der Waals surface area contributed by atoms with Crippen LogP contribution in [0.2, 0.25) is 10.0 Å². The monoisotopic (exact) mass is 368 g/mol. The van der Waals surface area contributed by atoms with E-state index < -0.39 is 0 Å². The summed E-state index contributed by atoms with van der Waals surface area (Å²) >= 11 is 13.9. The van der Waals surface area contributed by atoms with E-state index in [1.54, 1.807) is 11.6 Å². The number of rotatable bonds is 2. The molecule has 1 amide bonds. The third-order valence-electron chi connectivity index (χ3n) is 4.39. The molecule has 4 rings (SSSR count). The molecule has 0 saturated carbocycles. The van der Waals surface area contributed by atoms with Crippen LogP contribution in [-0.2, 0) is 11.2 Å². The average Bonchev–Trinajstić information content (AvgIpc) is 3.13. The fourth-order valence-electron chi connectivity index (χ4n) is 3.34. The smallest absolute Gasteiger partial charge is 0.229 e. The summed E-state index contributed by atoms with van der Waals surface area (Å²) in [5, 5.41) is 4.42. The molecule has 1 aliphatic carbocycles. The van der Waals surface area contributed by atoms with Gasteiger partial charge in [0.2, 0.25) is 11.8 Å². The van der Waals surface area contributed by atoms with E-state index in [0.29, 0.717) is 29.0 Å². The lowest BCUT2D eigenvalue weighted by atomic mass is 10.00. The van der Waals surface area contributed by atoms with Crippen LogP contribution < -0.4 is 10.1 Å². The van der Waals surface area contributed by atoms with E-state index in [-0.39, 0.29) is 17.9 Å². The van der Waals surface area contributed by atoms with Gasteiger partial charge in [0.1, 0.15) is 0 Å². The Morgan fingerprint density at radius 1 is 1.35 bits per heavy atom. The SMILES string of the molecule is O=C(N[C@H]1CCc2cc(Cl)cc(Cl)c21)C1CCOc2ncsc21. The molecule has 0 spiro atoms. The highest BCUT2D eigenvalue weighted by Gasteiger charge is 2.33. The Balaban J connectivity index is 1.56. The quantitative estimate of drug-likeness (QED) is 0.867. The van der Waals surface area contributed by atoms with E-state index in [1.807, 2.05) is 6.07 Å². The topological polar surface area (TPSA) is 51.2 Å². The number of fused-ring (bicyclic) bond motifs is 2. The van der Waals surface area contributed by atoms with Gasteiger partial charge in [-0.3, -0.25) is 4.79 Å². The highest BCUT2D eigenvalue weighted by Crippen LogP contribution is 2.40. The van der Waals surface area contributed by atoms with Gasteiger partial charge in [0.15, 0.2) is 0 Å². The standard InChI is InChI=1S/C16H14Cl2N2O2S/c17-9-5-8-1-2-12(13(8)11(18)6-9)20-15(21)10-3-4-22-16-14(10)23-7-19-16/h5-7,10,12H,1-4H2,(H,20,21)/t10?,12-/m0/s1. The largest absolute Gasteiger partial charge is 0.477 e. The van der Waals surface area contributed by atoms with Crippen molar-refractivity contribution < 1.29 is 9.53 Å². The Morgan fingerprint density at radius 2 is 2.22 bits per heavy atom. The van der Waals surface area contributed by atoms with Crippen molar-refractivity contribution in [1.82, 2.24) is 10.3 Å². The van der Waals surface area contributed by atoms with Crippen molar-refractivity contribution in [3.63, 3.8) is 0 Å². The molecule has 2 aromatic rings. The molecule has 2 aliphatic rings. The van der Waals surface area contributed by atoms with Gasteiger partial charge >= 0.3 is 0 Å². The zero-order valence-electron chi connectivity index (χ0n) is 12.1. The number of nitrogens with zero attached hydrogens (tertiary/aromatic N) is 1. The zero-order valence-corrected chi connectivity index (χ0v) is 14.5. The summed E-state index contributed by atoms with van der Waals surface area (Å²) in [5.41, 5.74) is 3.85. The molecule has 0 fully saturated rings. The van der Waals surface area contributed by atoms with Crippen molar-refractivity contribution >= 4 is 40.4 Å². The van der Waals surface area contributed by atoms with Crippen LogP contribution in [0, 0.1) is 0 Å². The number of carbonyl (C=O) groups excluding carboxylic acids is 1. The number of thiazole rings is 1. The minimum Gasteiger partial charge on any atom is -0.477 e. The maximum Gasteiger partial charge on any atom is 0.229 e. The summed E-state index contributed by atoms with van der Waals surface area (Å²) in [7, 11) is 0. The van der Waals surface area contributed by atoms with E-state index in [0.717, 1.165) is 28.8 Å². The first-order valence-electron chi connectivity index (χ1n) is 7.48. The molecule has 0 saturated heterocycles. The molecule has 1 N–H and O–H groups in total. The number of hydrogen-bond donors (Lipinski definition) is 1. The number of amides is 1. The molecular weight excluding hydrogens is 355 g/mol. The van der Waals surface area contributed by atoms with Crippen LogP contribution in [0.15, 0.2) is 17.6 Å². The molecular formula is C16H14Cl2N2O2S. The van der Waals surface area contributed by atoms with Crippen LogP contribution in [0.3, 0.4) is 0 Å². The number of carbonyl (C=O) groups is 1. The second-order valence-corrected chi connectivity index (χ2v) is 7.50. The van der Waals surface area contributed by atoms with Crippen LogP contribution in [0.5, 0.6) is 5.88 Å². The van der Waals surface area contributed by atoms with Crippen LogP contribution in [-0.4, -0.2) is 17.5 Å². The highest BCUT2D eigenvalue weighted by molar-refractivity contribution is 7.10. The van der Waals surface area contributed by atoms with Gasteiger partial charge in [0.25, 0.3) is 0 Å². The van der Waals surface area contributed by atoms with E-state index in [4.69, 9.17) is 27.9 Å². The summed E-state index contributed by atoms with van der Waals surface area (Å²) < 4.78 is 5.49. The molecule has 1 unspecified atom stereocenters. The van der Waals surface area contributed by atoms with Gasteiger partial charge in [-0.1, -0.05) is 23.2 Å². The van der Waals surface area contributed by atoms with E-state index in [2.05, 4.69) is 10.3 Å². The first-order chi connectivity index (χ1) is 11.1. The van der Waals surface area contributed by atoms with Gasteiger partial charge in [0.05, 0.1) is 29.0 Å². The van der Waals surface area contributed by atoms with Crippen molar-refractivity contribution in [2.24, 2.45) is 0 Å². The Labute approximate surface area is 147 Å². The second-order valence-electron chi connectivity index (χ2n) is 5.77. The minimum absolute atomic E-state index is 0.0164. The Bertz CT molecular complexity index is 777. The maximum atomic E-state index is 12.7. The molecule has 2 heterocycles. The lowest BCUT2D eigenvalue weighted by molar-refractivity contribution is -0.123. The average molecular weight is 369 g/mol. The summed E-state index contributed by atoms with van der Waals surface area (Å²) in [4.78, 5) is 17.8. The minimum atomic E-state index is -0.193. The number of ether oxygens (including phenoxy) is 1. The van der Waals surface area contributed by atoms with Gasteiger partial charge in [-0.25, -0.2) is 4.98 Å². The number of aryl methyl sites for hydroxylation is 1. The van der Waals surface area contributed by atoms with Crippen LogP contribution in [0.25, 0.3) is 0 Å². The molecule has 4 nitrogen and oxygen atoms in total. The maximum absolute atomic E-state index is 12.7. The van der Waals surface area contributed by atoms with Gasteiger partial charge in [-0.2, -0.15) is 0 Å². The Morgan fingerprint density at radius 3 is 3.09 bits per heavy atom. The molecule has 0 bridgehead atoms. The summed E-state index contributed by atoms with van der Waals surface area (Å²) in [6.45, 7) is 0.520. The number of halogens is 2. The summed E-state index contributed by atoms with van der Waals surface area (Å²) in [6.07, 6.45) is 2.40. The first kappa shape index (κ1) is 15.2. The molecule has 1 aliphatic heterocycles. The fraction of sp³-hybridized carbons (Fsp3) is 0.375. The first-order valence-corrected chi connectivity index (χ1v) is 9.11. The lowest BCUT2D eigenvalue weighted by Gasteiger charge is -2.23. The highest BCUT2D eigenvalue weighted by atomic mass is 35.5. The van der Waals surface area contributed by atoms with Gasteiger partial charge in [0, 0.05) is 10.0 Å². The van der Waals surface area contributed by atoms with Gasteiger partial charge in [-0.15, -0.1) is 11.3 Å². The van der Waals surface area contributed by atoms with Crippen LogP contribution in [0.4, 0.5) is 0 Å². The zero-order chi connectivity index (χ0) is 16.0. The summed E-state index contributed by atoms with van der Waals surface area (Å²) in [5.74, 6) is 0.419. The third kappa shape index (κ3) is 2.71. The molecule has 2 atom stereocenters. The molecule has 0 radical (unpaired) electrons. The summed E-state index contributed by atoms with van der Waals surface area (Å²) in [6, 6.07) is 3.62. The molecule has 120 valence electrons. The normalized spacial score (nSPS) is 22.2. The number of aromatic nitrogens is 1. The van der Waals surface area contributed by atoms with Crippen LogP contribution in [0.1, 0.15) is 40.8 Å². The fourth-order valence-corrected chi connectivity index (χ4v) is 4.87. The Kier molecular flexibility index (Phi) is 3.95. The predicted octanol–water partition coefficient (Wildman–Crippen LogP) is 4.12. The molecule has 1 aromatic heterocycles. The van der Waals surface area contributed by atoms with Crippen molar-refractivity contribution in [3.05, 3.63) is 43.7 Å². The van der Waals surface area contributed by atoms with Crippen molar-refractivity contribution in [2.75, 3.05) is 6.61 Å². The number of nitrogens with one attached hydrogen (secondary N) is 1. The number of benzene rings is 1. The molecule has 1 aromatic carbocycles. The van der Waals surface area contributed by atoms with Crippen LogP contribution >= 0.6 is 34.5 Å².